The van der Waals surface area contributed by atoms with E-state index in [-0.39, 0.29) is 16.0 Å². The van der Waals surface area contributed by atoms with E-state index >= 15 is 0 Å². The molecule has 33 heavy (non-hydrogen) atoms. The van der Waals surface area contributed by atoms with Gasteiger partial charge in [-0.25, -0.2) is 4.79 Å². The fraction of sp³-hybridized carbons (Fsp3) is 0.120. The Hall–Kier alpha value is -3.36. The van der Waals surface area contributed by atoms with E-state index in [1.54, 1.807) is 91.0 Å². The van der Waals surface area contributed by atoms with Gasteiger partial charge in [0.2, 0.25) is 16.1 Å². The lowest BCUT2D eigenvalue weighted by Crippen LogP contribution is -2.40. The Morgan fingerprint density at radius 1 is 0.727 bits per heavy atom. The number of aliphatic carboxylic acids is 1. The second-order valence-electron chi connectivity index (χ2n) is 6.91. The molecule has 0 bridgehead atoms. The van der Waals surface area contributed by atoms with Gasteiger partial charge in [-0.2, -0.15) is 0 Å². The number of thioether (sulfide) groups is 2. The van der Waals surface area contributed by atoms with E-state index in [0.717, 1.165) is 23.5 Å². The summed E-state index contributed by atoms with van der Waals surface area (Å²) in [7, 11) is 0. The van der Waals surface area contributed by atoms with Crippen LogP contribution in [0, 0.1) is 0 Å². The summed E-state index contributed by atoms with van der Waals surface area (Å²) >= 11 is 1.69. The smallest absolute Gasteiger partial charge is 0.330 e. The van der Waals surface area contributed by atoms with Crippen LogP contribution >= 0.6 is 23.5 Å². The molecule has 0 saturated carbocycles. The summed E-state index contributed by atoms with van der Waals surface area (Å²) in [6, 6.07) is 24.1. The Kier molecular flexibility index (Phi) is 8.86. The van der Waals surface area contributed by atoms with Crippen LogP contribution in [0.4, 0.5) is 0 Å². The first-order valence-corrected chi connectivity index (χ1v) is 11.9. The van der Waals surface area contributed by atoms with Crippen molar-refractivity contribution in [1.29, 1.82) is 0 Å². The van der Waals surface area contributed by atoms with E-state index in [0.29, 0.717) is 16.7 Å². The lowest BCUT2D eigenvalue weighted by atomic mass is 10.1. The number of carboxylic acid groups (broad SMARTS) is 1. The van der Waals surface area contributed by atoms with Gasteiger partial charge >= 0.3 is 5.97 Å². The Morgan fingerprint density at radius 2 is 1.21 bits per heavy atom. The molecule has 168 valence electrons. The molecule has 2 atom stereocenters. The van der Waals surface area contributed by atoms with Crippen LogP contribution in [0.25, 0.3) is 0 Å². The van der Waals surface area contributed by atoms with Crippen LogP contribution in [0.5, 0.6) is 0 Å². The van der Waals surface area contributed by atoms with Crippen LogP contribution in [-0.2, 0) is 9.59 Å². The average molecular weight is 480 g/mol. The minimum absolute atomic E-state index is 0.00390. The monoisotopic (exact) mass is 479 g/mol. The molecule has 3 rings (SSSR count). The molecule has 0 aliphatic heterocycles. The third-order valence-electron chi connectivity index (χ3n) is 4.59. The largest absolute Gasteiger partial charge is 0.479 e. The summed E-state index contributed by atoms with van der Waals surface area (Å²) in [5.41, 5.74) is 1.30. The zero-order valence-electron chi connectivity index (χ0n) is 17.4. The molecular weight excluding hydrogens is 458 g/mol. The minimum Gasteiger partial charge on any atom is -0.479 e. The summed E-state index contributed by atoms with van der Waals surface area (Å²) in [5.74, 6) is -1.85. The third kappa shape index (κ3) is 7.06. The van der Waals surface area contributed by atoms with E-state index in [1.807, 2.05) is 0 Å². The summed E-state index contributed by atoms with van der Waals surface area (Å²) < 4.78 is 0. The predicted octanol–water partition coefficient (Wildman–Crippen LogP) is 4.44. The number of hydrogen-bond acceptors (Lipinski definition) is 6. The molecule has 0 spiro atoms. The first-order valence-electron chi connectivity index (χ1n) is 10.0. The van der Waals surface area contributed by atoms with Gasteiger partial charge in [-0.1, -0.05) is 115 Å². The molecule has 0 radical (unpaired) electrons. The molecule has 8 heteroatoms. The summed E-state index contributed by atoms with van der Waals surface area (Å²) in [4.78, 5) is 50.1. The van der Waals surface area contributed by atoms with E-state index in [2.05, 4.69) is 5.32 Å². The molecule has 0 aliphatic rings. The second-order valence-corrected chi connectivity index (χ2v) is 9.08. The molecule has 0 fully saturated rings. The van der Waals surface area contributed by atoms with Gasteiger partial charge in [0, 0.05) is 16.9 Å². The molecule has 0 aliphatic carbocycles. The highest BCUT2D eigenvalue weighted by Gasteiger charge is 2.29. The van der Waals surface area contributed by atoms with Gasteiger partial charge in [-0.05, 0) is 5.56 Å². The molecule has 2 N–H and O–H groups in total. The molecule has 3 aromatic carbocycles. The van der Waals surface area contributed by atoms with Crippen molar-refractivity contribution in [2.75, 3.05) is 5.75 Å². The first-order chi connectivity index (χ1) is 16.0. The Bertz CT molecular complexity index is 1110. The lowest BCUT2D eigenvalue weighted by Gasteiger charge is -2.20. The standard InChI is InChI=1S/C25H21NO5S2/c27-22(26-21(23(28)29)17-10-4-1-5-11-17)20(33-25(31)19-14-8-3-9-15-19)16-32-24(30)18-12-6-2-7-13-18/h1-15,20-21H,16H2,(H,26,27)(H,28,29)/t20?,21-/m0/s1. The van der Waals surface area contributed by atoms with Crippen molar-refractivity contribution in [2.24, 2.45) is 0 Å². The van der Waals surface area contributed by atoms with Crippen LogP contribution in [0.1, 0.15) is 32.3 Å². The number of hydrogen-bond donors (Lipinski definition) is 2. The Labute approximate surface area is 199 Å². The number of benzene rings is 3. The second kappa shape index (κ2) is 12.0. The van der Waals surface area contributed by atoms with Crippen molar-refractivity contribution < 1.29 is 24.3 Å². The minimum atomic E-state index is -1.27. The molecule has 0 aromatic heterocycles. The van der Waals surface area contributed by atoms with Crippen LogP contribution in [0.2, 0.25) is 0 Å². The lowest BCUT2D eigenvalue weighted by molar-refractivity contribution is -0.141. The van der Waals surface area contributed by atoms with Crippen molar-refractivity contribution in [2.45, 2.75) is 11.3 Å². The molecule has 0 heterocycles. The van der Waals surface area contributed by atoms with Gasteiger partial charge in [0.1, 0.15) is 5.25 Å². The highest BCUT2D eigenvalue weighted by Crippen LogP contribution is 2.25. The fourth-order valence-electron chi connectivity index (χ4n) is 2.91. The average Bonchev–Trinajstić information content (AvgIpc) is 2.86. The van der Waals surface area contributed by atoms with Crippen LogP contribution in [0.15, 0.2) is 91.0 Å². The van der Waals surface area contributed by atoms with E-state index in [1.165, 1.54) is 0 Å². The third-order valence-corrected chi connectivity index (χ3v) is 6.92. The van der Waals surface area contributed by atoms with Crippen molar-refractivity contribution >= 4 is 45.6 Å². The number of nitrogens with one attached hydrogen (secondary N) is 1. The van der Waals surface area contributed by atoms with Crippen molar-refractivity contribution in [3.63, 3.8) is 0 Å². The van der Waals surface area contributed by atoms with Crippen molar-refractivity contribution in [3.05, 3.63) is 108 Å². The van der Waals surface area contributed by atoms with E-state index in [9.17, 15) is 24.3 Å². The zero-order valence-corrected chi connectivity index (χ0v) is 19.1. The first kappa shape index (κ1) is 24.3. The van der Waals surface area contributed by atoms with Crippen LogP contribution in [0.3, 0.4) is 0 Å². The maximum atomic E-state index is 13.1. The van der Waals surface area contributed by atoms with Gasteiger partial charge in [-0.3, -0.25) is 14.4 Å². The van der Waals surface area contributed by atoms with E-state index in [4.69, 9.17) is 0 Å². The molecular formula is C25H21NO5S2. The number of amides is 1. The highest BCUT2D eigenvalue weighted by atomic mass is 32.2. The predicted molar refractivity (Wildman–Crippen MR) is 130 cm³/mol. The van der Waals surface area contributed by atoms with Gasteiger partial charge < -0.3 is 10.4 Å². The number of carboxylic acids is 1. The quantitative estimate of drug-likeness (QED) is 0.468. The SMILES string of the molecule is O=C(SCC(SC(=O)c1ccccc1)C(=O)N[C@H](C(=O)O)c1ccccc1)c1ccccc1. The molecule has 3 aromatic rings. The highest BCUT2D eigenvalue weighted by molar-refractivity contribution is 8.18. The van der Waals surface area contributed by atoms with Crippen LogP contribution < -0.4 is 5.32 Å². The summed E-state index contributed by atoms with van der Waals surface area (Å²) in [6.45, 7) is 0. The fourth-order valence-corrected chi connectivity index (χ4v) is 4.85. The van der Waals surface area contributed by atoms with Crippen molar-refractivity contribution in [3.8, 4) is 0 Å². The van der Waals surface area contributed by atoms with Crippen molar-refractivity contribution in [1.82, 2.24) is 5.32 Å². The van der Waals surface area contributed by atoms with Gasteiger partial charge in [0.25, 0.3) is 0 Å². The molecule has 1 unspecified atom stereocenters. The summed E-state index contributed by atoms with van der Waals surface area (Å²) in [5, 5.41) is 10.6. The van der Waals surface area contributed by atoms with Crippen LogP contribution in [-0.4, -0.2) is 38.2 Å². The van der Waals surface area contributed by atoms with Gasteiger partial charge in [-0.15, -0.1) is 0 Å². The molecule has 6 nitrogen and oxygen atoms in total. The molecule has 1 amide bonds. The number of carbonyl (C=O) groups excluding carboxylic acids is 3. The Balaban J connectivity index is 1.77. The normalized spacial score (nSPS) is 12.4. The maximum absolute atomic E-state index is 13.1. The maximum Gasteiger partial charge on any atom is 0.330 e. The molecule has 0 saturated heterocycles. The number of carbonyl (C=O) groups is 4. The summed E-state index contributed by atoms with van der Waals surface area (Å²) in [6.07, 6.45) is 0. The number of rotatable bonds is 9. The van der Waals surface area contributed by atoms with E-state index < -0.39 is 23.2 Å². The Morgan fingerprint density at radius 3 is 1.73 bits per heavy atom. The van der Waals surface area contributed by atoms with Gasteiger partial charge in [0.05, 0.1) is 0 Å². The van der Waals surface area contributed by atoms with Gasteiger partial charge in [0.15, 0.2) is 6.04 Å². The topological polar surface area (TPSA) is 101 Å². The zero-order chi connectivity index (χ0) is 23.6.